The summed E-state index contributed by atoms with van der Waals surface area (Å²) in [6.07, 6.45) is 2.76. The fourth-order valence-corrected chi connectivity index (χ4v) is 1.38. The molecule has 0 fully saturated rings. The Morgan fingerprint density at radius 2 is 2.00 bits per heavy atom. The van der Waals surface area contributed by atoms with Crippen LogP contribution in [-0.4, -0.2) is 17.1 Å². The third-order valence-corrected chi connectivity index (χ3v) is 2.18. The summed E-state index contributed by atoms with van der Waals surface area (Å²) in [5.41, 5.74) is 0.807. The van der Waals surface area contributed by atoms with E-state index in [-0.39, 0.29) is 0 Å². The van der Waals surface area contributed by atoms with Crippen molar-refractivity contribution >= 4 is 0 Å². The largest absolute Gasteiger partial charge is 0.496 e. The highest BCUT2D eigenvalue weighted by molar-refractivity contribution is 5.64. The molecule has 0 unspecified atom stereocenters. The normalized spacial score (nSPS) is 9.71. The average molecular weight is 229 g/mol. The fourth-order valence-electron chi connectivity index (χ4n) is 1.38. The van der Waals surface area contributed by atoms with E-state index in [1.165, 1.54) is 37.7 Å². The summed E-state index contributed by atoms with van der Waals surface area (Å²) in [7, 11) is 1.49. The maximum Gasteiger partial charge on any atom is 0.163 e. The van der Waals surface area contributed by atoms with Crippen LogP contribution in [0.5, 0.6) is 5.75 Å². The second-order valence-corrected chi connectivity index (χ2v) is 3.25. The Kier molecular flexibility index (Phi) is 2.97. The fraction of sp³-hybridized carbons (Fsp3) is 0.0833. The minimum absolute atomic E-state index is 0.320. The van der Waals surface area contributed by atoms with Crippen LogP contribution < -0.4 is 4.74 Å². The minimum atomic E-state index is -0.395. The van der Waals surface area contributed by atoms with E-state index in [0.29, 0.717) is 22.7 Å². The second-order valence-electron chi connectivity index (χ2n) is 3.25. The minimum Gasteiger partial charge on any atom is -0.496 e. The van der Waals surface area contributed by atoms with Gasteiger partial charge in [-0.3, -0.25) is 0 Å². The monoisotopic (exact) mass is 229 g/mol. The molecule has 0 aliphatic carbocycles. The van der Waals surface area contributed by atoms with Gasteiger partial charge in [0.1, 0.15) is 17.6 Å². The van der Waals surface area contributed by atoms with Crippen LogP contribution in [0, 0.1) is 17.1 Å². The van der Waals surface area contributed by atoms with E-state index < -0.39 is 5.82 Å². The summed E-state index contributed by atoms with van der Waals surface area (Å²) < 4.78 is 18.3. The molecule has 0 saturated carbocycles. The smallest absolute Gasteiger partial charge is 0.163 e. The van der Waals surface area contributed by atoms with Crippen LogP contribution in [-0.2, 0) is 0 Å². The van der Waals surface area contributed by atoms with Crippen molar-refractivity contribution in [3.63, 3.8) is 0 Å². The Morgan fingerprint density at radius 1 is 1.29 bits per heavy atom. The first-order valence-electron chi connectivity index (χ1n) is 4.80. The molecule has 0 N–H and O–H groups in total. The number of rotatable bonds is 2. The predicted molar refractivity (Wildman–Crippen MR) is 58.7 cm³/mol. The highest BCUT2D eigenvalue weighted by Crippen LogP contribution is 2.27. The molecule has 0 saturated heterocycles. The van der Waals surface area contributed by atoms with Gasteiger partial charge in [-0.05, 0) is 18.2 Å². The molecule has 0 amide bonds. The molecule has 0 bridgehead atoms. The first-order chi connectivity index (χ1) is 8.24. The number of ether oxygens (including phenoxy) is 1. The van der Waals surface area contributed by atoms with Crippen LogP contribution in [0.15, 0.2) is 30.6 Å². The zero-order valence-corrected chi connectivity index (χ0v) is 9.01. The molecule has 0 radical (unpaired) electrons. The molecule has 0 aliphatic heterocycles. The number of halogens is 1. The lowest BCUT2D eigenvalue weighted by atomic mass is 10.2. The average Bonchev–Trinajstić information content (AvgIpc) is 2.39. The van der Waals surface area contributed by atoms with Gasteiger partial charge in [-0.25, -0.2) is 14.4 Å². The molecule has 0 atom stereocenters. The zero-order valence-electron chi connectivity index (χ0n) is 9.01. The molecule has 4 nitrogen and oxygen atoms in total. The molecule has 1 aromatic carbocycles. The van der Waals surface area contributed by atoms with Gasteiger partial charge in [-0.15, -0.1) is 0 Å². The molecule has 1 heterocycles. The van der Waals surface area contributed by atoms with Crippen LogP contribution in [0.25, 0.3) is 11.4 Å². The quantitative estimate of drug-likeness (QED) is 0.791. The van der Waals surface area contributed by atoms with Crippen molar-refractivity contribution < 1.29 is 9.13 Å². The van der Waals surface area contributed by atoms with Gasteiger partial charge in [0.25, 0.3) is 0 Å². The Labute approximate surface area is 97.3 Å². The number of methoxy groups -OCH3 is 1. The Bertz CT molecular complexity index is 575. The molecule has 17 heavy (non-hydrogen) atoms. The molecular weight excluding hydrogens is 221 g/mol. The number of nitrogens with zero attached hydrogens (tertiary/aromatic N) is 3. The third-order valence-electron chi connectivity index (χ3n) is 2.18. The molecule has 1 aromatic heterocycles. The van der Waals surface area contributed by atoms with Crippen molar-refractivity contribution in [3.05, 3.63) is 42.0 Å². The van der Waals surface area contributed by atoms with Crippen LogP contribution >= 0.6 is 0 Å². The molecule has 0 aliphatic rings. The second kappa shape index (κ2) is 4.58. The molecule has 0 spiro atoms. The van der Waals surface area contributed by atoms with Crippen molar-refractivity contribution in [2.45, 2.75) is 0 Å². The van der Waals surface area contributed by atoms with Crippen molar-refractivity contribution in [3.8, 4) is 23.2 Å². The van der Waals surface area contributed by atoms with Crippen molar-refractivity contribution in [1.82, 2.24) is 9.97 Å². The van der Waals surface area contributed by atoms with E-state index >= 15 is 0 Å². The van der Waals surface area contributed by atoms with E-state index in [1.54, 1.807) is 0 Å². The summed E-state index contributed by atoms with van der Waals surface area (Å²) in [6, 6.07) is 6.01. The Morgan fingerprint density at radius 3 is 2.59 bits per heavy atom. The molecular formula is C12H8FN3O. The van der Waals surface area contributed by atoms with Gasteiger partial charge in [-0.1, -0.05) is 0 Å². The van der Waals surface area contributed by atoms with Gasteiger partial charge in [0.15, 0.2) is 5.82 Å². The number of aromatic nitrogens is 2. The van der Waals surface area contributed by atoms with Crippen LogP contribution in [0.4, 0.5) is 4.39 Å². The Hall–Kier alpha value is -2.48. The SMILES string of the molecule is COc1ccc(F)cc1-c1ncc(C#N)cn1. The zero-order chi connectivity index (χ0) is 12.3. The first kappa shape index (κ1) is 11.0. The molecule has 84 valence electrons. The number of nitriles is 1. The summed E-state index contributed by atoms with van der Waals surface area (Å²) in [6.45, 7) is 0. The van der Waals surface area contributed by atoms with Gasteiger partial charge in [0.05, 0.1) is 18.2 Å². The maximum absolute atomic E-state index is 13.2. The maximum atomic E-state index is 13.2. The van der Waals surface area contributed by atoms with Gasteiger partial charge in [-0.2, -0.15) is 5.26 Å². The molecule has 5 heteroatoms. The summed E-state index contributed by atoms with van der Waals surface area (Å²) in [5, 5.41) is 8.63. The summed E-state index contributed by atoms with van der Waals surface area (Å²) in [4.78, 5) is 7.98. The van der Waals surface area contributed by atoms with Crippen LogP contribution in [0.2, 0.25) is 0 Å². The van der Waals surface area contributed by atoms with E-state index in [0.717, 1.165) is 0 Å². The lowest BCUT2D eigenvalue weighted by Crippen LogP contribution is -1.94. The third kappa shape index (κ3) is 2.21. The van der Waals surface area contributed by atoms with E-state index in [2.05, 4.69) is 9.97 Å². The first-order valence-corrected chi connectivity index (χ1v) is 4.80. The van der Waals surface area contributed by atoms with E-state index in [1.807, 2.05) is 6.07 Å². The van der Waals surface area contributed by atoms with Crippen LogP contribution in [0.3, 0.4) is 0 Å². The van der Waals surface area contributed by atoms with E-state index in [9.17, 15) is 4.39 Å². The van der Waals surface area contributed by atoms with Crippen LogP contribution in [0.1, 0.15) is 5.56 Å². The lowest BCUT2D eigenvalue weighted by Gasteiger charge is -2.06. The van der Waals surface area contributed by atoms with Crippen molar-refractivity contribution in [1.29, 1.82) is 5.26 Å². The standard InChI is InChI=1S/C12H8FN3O/c1-17-11-3-2-9(13)4-10(11)12-15-6-8(5-14)7-16-12/h2-4,6-7H,1H3. The number of hydrogen-bond donors (Lipinski definition) is 0. The lowest BCUT2D eigenvalue weighted by molar-refractivity contribution is 0.415. The van der Waals surface area contributed by atoms with Gasteiger partial charge >= 0.3 is 0 Å². The number of benzene rings is 1. The highest BCUT2D eigenvalue weighted by Gasteiger charge is 2.09. The van der Waals surface area contributed by atoms with Crippen molar-refractivity contribution in [2.75, 3.05) is 7.11 Å². The predicted octanol–water partition coefficient (Wildman–Crippen LogP) is 2.16. The van der Waals surface area contributed by atoms with Gasteiger partial charge in [0.2, 0.25) is 0 Å². The molecule has 2 aromatic rings. The van der Waals surface area contributed by atoms with Gasteiger partial charge in [0, 0.05) is 12.4 Å². The summed E-state index contributed by atoms with van der Waals surface area (Å²) in [5.74, 6) is 0.408. The topological polar surface area (TPSA) is 58.8 Å². The van der Waals surface area contributed by atoms with E-state index in [4.69, 9.17) is 10.00 Å². The number of hydrogen-bond acceptors (Lipinski definition) is 4. The molecule has 2 rings (SSSR count). The summed E-state index contributed by atoms with van der Waals surface area (Å²) >= 11 is 0. The highest BCUT2D eigenvalue weighted by atomic mass is 19.1. The van der Waals surface area contributed by atoms with Crippen molar-refractivity contribution in [2.24, 2.45) is 0 Å². The van der Waals surface area contributed by atoms with Gasteiger partial charge < -0.3 is 4.74 Å². The Balaban J connectivity index is 2.51.